The van der Waals surface area contributed by atoms with E-state index < -0.39 is 0 Å². The second-order valence-electron chi connectivity index (χ2n) is 7.72. The molecule has 0 radical (unpaired) electrons. The van der Waals surface area contributed by atoms with Gasteiger partial charge in [0.25, 0.3) is 0 Å². The second-order valence-corrected chi connectivity index (χ2v) is 8.10. The highest BCUT2D eigenvalue weighted by molar-refractivity contribution is 7.80. The van der Waals surface area contributed by atoms with Crippen LogP contribution in [0.15, 0.2) is 91.3 Å². The van der Waals surface area contributed by atoms with Gasteiger partial charge in [-0.15, -0.1) is 0 Å². The van der Waals surface area contributed by atoms with E-state index in [0.29, 0.717) is 17.4 Å². The van der Waals surface area contributed by atoms with E-state index in [1.54, 1.807) is 18.3 Å². The van der Waals surface area contributed by atoms with Crippen molar-refractivity contribution in [3.8, 4) is 17.2 Å². The standard InChI is InChI=1S/C26H24N4O2S/c1-2-32-19-14-12-18(13-15-19)29-17-7-10-22(29)25-24(20-8-5-6-16-27-20)28-26(33)30(25)21-9-3-4-11-23(21)31/h3-17,24-25,31H,2H2,1H3,(H,28,33)/t24-,25+/m0/s1. The molecule has 0 amide bonds. The maximum atomic E-state index is 10.7. The van der Waals surface area contributed by atoms with E-state index in [-0.39, 0.29) is 17.8 Å². The highest BCUT2D eigenvalue weighted by Crippen LogP contribution is 2.44. The molecule has 0 spiro atoms. The lowest BCUT2D eigenvalue weighted by atomic mass is 10.0. The molecule has 0 aliphatic carbocycles. The summed E-state index contributed by atoms with van der Waals surface area (Å²) in [5.41, 5.74) is 3.55. The van der Waals surface area contributed by atoms with Gasteiger partial charge in [-0.25, -0.2) is 0 Å². The van der Waals surface area contributed by atoms with Gasteiger partial charge in [0.15, 0.2) is 5.11 Å². The van der Waals surface area contributed by atoms with Crippen molar-refractivity contribution >= 4 is 23.0 Å². The van der Waals surface area contributed by atoms with Crippen molar-refractivity contribution in [2.75, 3.05) is 11.5 Å². The maximum absolute atomic E-state index is 10.7. The van der Waals surface area contributed by atoms with Gasteiger partial charge < -0.3 is 24.6 Å². The maximum Gasteiger partial charge on any atom is 0.174 e. The Morgan fingerprint density at radius 2 is 1.79 bits per heavy atom. The molecule has 1 fully saturated rings. The summed E-state index contributed by atoms with van der Waals surface area (Å²) >= 11 is 5.77. The number of ether oxygens (including phenoxy) is 1. The van der Waals surface area contributed by atoms with Gasteiger partial charge in [0.05, 0.1) is 24.0 Å². The van der Waals surface area contributed by atoms with Gasteiger partial charge in [-0.05, 0) is 79.8 Å². The van der Waals surface area contributed by atoms with E-state index >= 15 is 0 Å². The summed E-state index contributed by atoms with van der Waals surface area (Å²) in [6, 6.07) is 24.8. The number of nitrogens with one attached hydrogen (secondary N) is 1. The number of phenolic OH excluding ortho intramolecular Hbond substituents is 1. The van der Waals surface area contributed by atoms with E-state index in [1.807, 2.05) is 78.7 Å². The molecule has 2 N–H and O–H groups in total. The molecular formula is C26H24N4O2S. The molecular weight excluding hydrogens is 432 g/mol. The Morgan fingerprint density at radius 1 is 1.00 bits per heavy atom. The molecule has 6 nitrogen and oxygen atoms in total. The lowest BCUT2D eigenvalue weighted by Crippen LogP contribution is -2.30. The number of hydrogen-bond donors (Lipinski definition) is 2. The second kappa shape index (κ2) is 8.96. The predicted molar refractivity (Wildman–Crippen MR) is 133 cm³/mol. The number of thiocarbonyl (C=S) groups is 1. The highest BCUT2D eigenvalue weighted by atomic mass is 32.1. The van der Waals surface area contributed by atoms with Crippen molar-refractivity contribution < 1.29 is 9.84 Å². The number of nitrogens with zero attached hydrogens (tertiary/aromatic N) is 3. The van der Waals surface area contributed by atoms with Gasteiger partial charge >= 0.3 is 0 Å². The van der Waals surface area contributed by atoms with Crippen LogP contribution in [-0.2, 0) is 0 Å². The molecule has 1 aliphatic rings. The Morgan fingerprint density at radius 3 is 2.52 bits per heavy atom. The minimum Gasteiger partial charge on any atom is -0.506 e. The van der Waals surface area contributed by atoms with E-state index in [2.05, 4.69) is 20.9 Å². The molecule has 2 atom stereocenters. The molecule has 1 aliphatic heterocycles. The summed E-state index contributed by atoms with van der Waals surface area (Å²) in [5, 5.41) is 14.6. The fourth-order valence-corrected chi connectivity index (χ4v) is 4.66. The molecule has 166 valence electrons. The van der Waals surface area contributed by atoms with Crippen LogP contribution in [0.25, 0.3) is 5.69 Å². The topological polar surface area (TPSA) is 62.5 Å². The van der Waals surface area contributed by atoms with Crippen LogP contribution in [0.5, 0.6) is 11.5 Å². The Balaban J connectivity index is 1.63. The van der Waals surface area contributed by atoms with Gasteiger partial charge in [0.1, 0.15) is 17.5 Å². The SMILES string of the molecule is CCOc1ccc(-n2cccc2[C@@H]2[C@H](c3ccccn3)NC(=S)N2c2ccccc2O)cc1. The Hall–Kier alpha value is -3.84. The molecule has 33 heavy (non-hydrogen) atoms. The molecule has 2 aromatic carbocycles. The number of para-hydroxylation sites is 2. The van der Waals surface area contributed by atoms with Crippen molar-refractivity contribution in [3.63, 3.8) is 0 Å². The van der Waals surface area contributed by atoms with E-state index in [9.17, 15) is 5.11 Å². The molecule has 7 heteroatoms. The third-order valence-corrected chi connectivity index (χ3v) is 6.06. The summed E-state index contributed by atoms with van der Waals surface area (Å²) in [6.45, 7) is 2.60. The zero-order valence-corrected chi connectivity index (χ0v) is 18.9. The molecule has 2 aromatic heterocycles. The van der Waals surface area contributed by atoms with Crippen LogP contribution in [0.1, 0.15) is 30.4 Å². The normalized spacial score (nSPS) is 17.7. The van der Waals surface area contributed by atoms with Crippen LogP contribution in [0.3, 0.4) is 0 Å². The lowest BCUT2D eigenvalue weighted by Gasteiger charge is -2.29. The van der Waals surface area contributed by atoms with Gasteiger partial charge in [-0.3, -0.25) is 4.98 Å². The first-order chi connectivity index (χ1) is 16.2. The molecule has 3 heterocycles. The zero-order chi connectivity index (χ0) is 22.8. The smallest absolute Gasteiger partial charge is 0.174 e. The summed E-state index contributed by atoms with van der Waals surface area (Å²) in [6.07, 6.45) is 3.82. The minimum absolute atomic E-state index is 0.174. The van der Waals surface area contributed by atoms with E-state index in [4.69, 9.17) is 17.0 Å². The summed E-state index contributed by atoms with van der Waals surface area (Å²) < 4.78 is 7.74. The first kappa shape index (κ1) is 21.0. The van der Waals surface area contributed by atoms with Crippen LogP contribution in [0.4, 0.5) is 5.69 Å². The highest BCUT2D eigenvalue weighted by Gasteiger charge is 2.42. The number of anilines is 1. The minimum atomic E-state index is -0.234. The number of benzene rings is 2. The van der Waals surface area contributed by atoms with Gasteiger partial charge in [0.2, 0.25) is 0 Å². The number of pyridine rings is 1. The number of rotatable bonds is 6. The van der Waals surface area contributed by atoms with Crippen LogP contribution in [-0.4, -0.2) is 26.4 Å². The molecule has 5 rings (SSSR count). The molecule has 0 unspecified atom stereocenters. The fourth-order valence-electron chi connectivity index (χ4n) is 4.32. The van der Waals surface area contributed by atoms with Crippen LogP contribution >= 0.6 is 12.2 Å². The number of phenols is 1. The number of aromatic hydroxyl groups is 1. The van der Waals surface area contributed by atoms with Gasteiger partial charge in [-0.2, -0.15) is 0 Å². The monoisotopic (exact) mass is 456 g/mol. The molecule has 1 saturated heterocycles. The third kappa shape index (κ3) is 3.91. The van der Waals surface area contributed by atoms with Gasteiger partial charge in [-0.1, -0.05) is 18.2 Å². The summed E-state index contributed by atoms with van der Waals surface area (Å²) in [5.74, 6) is 1.01. The van der Waals surface area contributed by atoms with E-state index in [0.717, 1.165) is 22.8 Å². The van der Waals surface area contributed by atoms with Crippen molar-refractivity contribution in [1.29, 1.82) is 0 Å². The van der Waals surface area contributed by atoms with Gasteiger partial charge in [0, 0.05) is 23.8 Å². The summed E-state index contributed by atoms with van der Waals surface area (Å²) in [7, 11) is 0. The average Bonchev–Trinajstić information content (AvgIpc) is 3.45. The number of hydrogen-bond acceptors (Lipinski definition) is 4. The summed E-state index contributed by atoms with van der Waals surface area (Å²) in [4.78, 5) is 6.58. The quantitative estimate of drug-likeness (QED) is 0.391. The third-order valence-electron chi connectivity index (χ3n) is 5.75. The van der Waals surface area contributed by atoms with Crippen molar-refractivity contribution in [3.05, 3.63) is 103 Å². The Kier molecular flexibility index (Phi) is 5.71. The van der Waals surface area contributed by atoms with E-state index in [1.165, 1.54) is 0 Å². The first-order valence-electron chi connectivity index (χ1n) is 10.9. The largest absolute Gasteiger partial charge is 0.506 e. The Bertz CT molecular complexity index is 1260. The lowest BCUT2D eigenvalue weighted by molar-refractivity contribution is 0.340. The van der Waals surface area contributed by atoms with Crippen molar-refractivity contribution in [2.24, 2.45) is 0 Å². The van der Waals surface area contributed by atoms with Crippen molar-refractivity contribution in [1.82, 2.24) is 14.9 Å². The molecule has 0 saturated carbocycles. The van der Waals surface area contributed by atoms with Crippen LogP contribution in [0.2, 0.25) is 0 Å². The van der Waals surface area contributed by atoms with Crippen LogP contribution in [0, 0.1) is 0 Å². The zero-order valence-electron chi connectivity index (χ0n) is 18.1. The fraction of sp³-hybridized carbons (Fsp3) is 0.154. The van der Waals surface area contributed by atoms with Crippen LogP contribution < -0.4 is 15.0 Å². The predicted octanol–water partition coefficient (Wildman–Crippen LogP) is 5.15. The van der Waals surface area contributed by atoms with Crippen molar-refractivity contribution in [2.45, 2.75) is 19.0 Å². The molecule has 4 aromatic rings. The first-order valence-corrected chi connectivity index (χ1v) is 11.3. The molecule has 0 bridgehead atoms. The number of aromatic nitrogens is 2. The average molecular weight is 457 g/mol. The Labute approximate surface area is 198 Å².